The summed E-state index contributed by atoms with van der Waals surface area (Å²) in [5, 5.41) is 9.45. The number of H-pyrrole nitrogens is 1. The van der Waals surface area contributed by atoms with E-state index in [1.54, 1.807) is 13.2 Å². The molecule has 3 nitrogen and oxygen atoms in total. The fourth-order valence-corrected chi connectivity index (χ4v) is 1.57. The molecule has 1 heterocycles. The molecular weight excluding hydrogens is 212 g/mol. The second kappa shape index (κ2) is 4.40. The van der Waals surface area contributed by atoms with E-state index < -0.39 is 11.6 Å². The molecule has 0 aliphatic heterocycles. The van der Waals surface area contributed by atoms with Gasteiger partial charge in [0.2, 0.25) is 0 Å². The molecule has 0 saturated heterocycles. The number of halogens is 2. The van der Waals surface area contributed by atoms with Crippen LogP contribution >= 0.6 is 0 Å². The molecule has 0 bridgehead atoms. The minimum absolute atomic E-state index is 0.197. The summed E-state index contributed by atoms with van der Waals surface area (Å²) in [5.74, 6) is -1.72. The summed E-state index contributed by atoms with van der Waals surface area (Å²) >= 11 is 0. The summed E-state index contributed by atoms with van der Waals surface area (Å²) in [6.07, 6.45) is 1.59. The third-order valence-corrected chi connectivity index (χ3v) is 2.31. The second-order valence-electron chi connectivity index (χ2n) is 3.40. The standard InChI is InChI=1S/C11H11F2N3/c1-14-5-7-6-15-16-11(7)8-3-2-4-9(12)10(8)13/h2-4,6,14H,5H2,1H3,(H,15,16). The predicted molar refractivity (Wildman–Crippen MR) is 56.7 cm³/mol. The van der Waals surface area contributed by atoms with Crippen molar-refractivity contribution >= 4 is 0 Å². The van der Waals surface area contributed by atoms with Crippen molar-refractivity contribution in [2.75, 3.05) is 7.05 Å². The number of hydrogen-bond acceptors (Lipinski definition) is 2. The first kappa shape index (κ1) is 10.8. The Morgan fingerprint density at radius 2 is 2.19 bits per heavy atom. The fourth-order valence-electron chi connectivity index (χ4n) is 1.57. The smallest absolute Gasteiger partial charge is 0.168 e. The monoisotopic (exact) mass is 223 g/mol. The molecule has 0 unspecified atom stereocenters. The number of benzene rings is 1. The molecule has 2 N–H and O–H groups in total. The lowest BCUT2D eigenvalue weighted by Gasteiger charge is -2.04. The van der Waals surface area contributed by atoms with E-state index in [2.05, 4.69) is 15.5 Å². The number of hydrogen-bond donors (Lipinski definition) is 2. The highest BCUT2D eigenvalue weighted by Crippen LogP contribution is 2.25. The molecule has 1 aromatic heterocycles. The third kappa shape index (κ3) is 1.81. The van der Waals surface area contributed by atoms with Crippen LogP contribution in [0.25, 0.3) is 11.3 Å². The van der Waals surface area contributed by atoms with Crippen molar-refractivity contribution < 1.29 is 8.78 Å². The summed E-state index contributed by atoms with van der Waals surface area (Å²) in [6.45, 7) is 0.543. The molecule has 2 aromatic rings. The van der Waals surface area contributed by atoms with E-state index in [0.29, 0.717) is 12.2 Å². The van der Waals surface area contributed by atoms with Crippen molar-refractivity contribution in [3.05, 3.63) is 41.6 Å². The number of rotatable bonds is 3. The van der Waals surface area contributed by atoms with Gasteiger partial charge in [0.15, 0.2) is 11.6 Å². The van der Waals surface area contributed by atoms with Gasteiger partial charge in [-0.2, -0.15) is 5.10 Å². The van der Waals surface area contributed by atoms with Crippen molar-refractivity contribution in [2.24, 2.45) is 0 Å². The molecule has 2 rings (SSSR count). The molecule has 0 radical (unpaired) electrons. The Balaban J connectivity index is 2.50. The van der Waals surface area contributed by atoms with Crippen LogP contribution < -0.4 is 5.32 Å². The normalized spacial score (nSPS) is 10.7. The molecule has 0 atom stereocenters. The Hall–Kier alpha value is -1.75. The molecule has 0 fully saturated rings. The Labute approximate surface area is 91.5 Å². The largest absolute Gasteiger partial charge is 0.316 e. The summed E-state index contributed by atoms with van der Waals surface area (Å²) in [4.78, 5) is 0. The topological polar surface area (TPSA) is 40.7 Å². The molecule has 0 aliphatic carbocycles. The van der Waals surface area contributed by atoms with Crippen LogP contribution in [0.4, 0.5) is 8.78 Å². The highest BCUT2D eigenvalue weighted by atomic mass is 19.2. The maximum atomic E-state index is 13.5. The Morgan fingerprint density at radius 3 is 2.94 bits per heavy atom. The van der Waals surface area contributed by atoms with Gasteiger partial charge in [-0.25, -0.2) is 8.78 Å². The number of nitrogens with zero attached hydrogens (tertiary/aromatic N) is 1. The summed E-state index contributed by atoms with van der Waals surface area (Å²) < 4.78 is 26.6. The third-order valence-electron chi connectivity index (χ3n) is 2.31. The highest BCUT2D eigenvalue weighted by molar-refractivity contribution is 5.63. The van der Waals surface area contributed by atoms with E-state index in [1.165, 1.54) is 12.1 Å². The van der Waals surface area contributed by atoms with Crippen LogP contribution in [0.2, 0.25) is 0 Å². The zero-order valence-corrected chi connectivity index (χ0v) is 8.72. The van der Waals surface area contributed by atoms with E-state index >= 15 is 0 Å². The van der Waals surface area contributed by atoms with E-state index in [9.17, 15) is 8.78 Å². The van der Waals surface area contributed by atoms with Crippen LogP contribution in [0, 0.1) is 11.6 Å². The van der Waals surface area contributed by atoms with Gasteiger partial charge in [0.05, 0.1) is 11.9 Å². The SMILES string of the molecule is CNCc1cn[nH]c1-c1cccc(F)c1F. The first-order valence-corrected chi connectivity index (χ1v) is 4.85. The summed E-state index contributed by atoms with van der Waals surface area (Å²) in [7, 11) is 1.78. The lowest BCUT2D eigenvalue weighted by molar-refractivity contribution is 0.511. The van der Waals surface area contributed by atoms with Gasteiger partial charge in [0.1, 0.15) is 0 Å². The van der Waals surface area contributed by atoms with Crippen LogP contribution in [0.15, 0.2) is 24.4 Å². The molecule has 1 aromatic carbocycles. The maximum Gasteiger partial charge on any atom is 0.168 e. The van der Waals surface area contributed by atoms with Gasteiger partial charge >= 0.3 is 0 Å². The van der Waals surface area contributed by atoms with E-state index in [-0.39, 0.29) is 5.56 Å². The van der Waals surface area contributed by atoms with Crippen molar-refractivity contribution in [1.82, 2.24) is 15.5 Å². The van der Waals surface area contributed by atoms with Gasteiger partial charge < -0.3 is 5.32 Å². The molecule has 0 spiro atoms. The van der Waals surface area contributed by atoms with Crippen molar-refractivity contribution in [1.29, 1.82) is 0 Å². The maximum absolute atomic E-state index is 13.5. The minimum Gasteiger partial charge on any atom is -0.316 e. The molecular formula is C11H11F2N3. The molecule has 16 heavy (non-hydrogen) atoms. The van der Waals surface area contributed by atoms with Crippen LogP contribution in [-0.2, 0) is 6.54 Å². The van der Waals surface area contributed by atoms with Gasteiger partial charge in [-0.3, -0.25) is 5.10 Å². The van der Waals surface area contributed by atoms with Crippen molar-refractivity contribution in [3.63, 3.8) is 0 Å². The van der Waals surface area contributed by atoms with Gasteiger partial charge in [-0.15, -0.1) is 0 Å². The molecule has 0 saturated carbocycles. The van der Waals surface area contributed by atoms with E-state index in [4.69, 9.17) is 0 Å². The van der Waals surface area contributed by atoms with Gasteiger partial charge in [-0.1, -0.05) is 6.07 Å². The Morgan fingerprint density at radius 1 is 1.38 bits per heavy atom. The molecule has 84 valence electrons. The number of aromatic nitrogens is 2. The van der Waals surface area contributed by atoms with Crippen molar-refractivity contribution in [3.8, 4) is 11.3 Å². The fraction of sp³-hybridized carbons (Fsp3) is 0.182. The zero-order chi connectivity index (χ0) is 11.5. The average Bonchev–Trinajstić information content (AvgIpc) is 2.71. The van der Waals surface area contributed by atoms with Crippen molar-refractivity contribution in [2.45, 2.75) is 6.54 Å². The lowest BCUT2D eigenvalue weighted by Crippen LogP contribution is -2.05. The number of aromatic amines is 1. The Kier molecular flexibility index (Phi) is 2.96. The van der Waals surface area contributed by atoms with Crippen LogP contribution in [-0.4, -0.2) is 17.2 Å². The lowest BCUT2D eigenvalue weighted by atomic mass is 10.1. The molecule has 0 amide bonds. The Bertz CT molecular complexity index is 494. The van der Waals surface area contributed by atoms with Gasteiger partial charge in [0.25, 0.3) is 0 Å². The highest BCUT2D eigenvalue weighted by Gasteiger charge is 2.14. The predicted octanol–water partition coefficient (Wildman–Crippen LogP) is 2.07. The van der Waals surface area contributed by atoms with Crippen LogP contribution in [0.3, 0.4) is 0 Å². The van der Waals surface area contributed by atoms with Crippen LogP contribution in [0.5, 0.6) is 0 Å². The second-order valence-corrected chi connectivity index (χ2v) is 3.40. The van der Waals surface area contributed by atoms with Crippen LogP contribution in [0.1, 0.15) is 5.56 Å². The zero-order valence-electron chi connectivity index (χ0n) is 8.72. The number of nitrogens with one attached hydrogen (secondary N) is 2. The van der Waals surface area contributed by atoms with E-state index in [1.807, 2.05) is 0 Å². The van der Waals surface area contributed by atoms with Gasteiger partial charge in [0, 0.05) is 17.7 Å². The molecule has 5 heteroatoms. The first-order chi connectivity index (χ1) is 7.74. The average molecular weight is 223 g/mol. The molecule has 0 aliphatic rings. The quantitative estimate of drug-likeness (QED) is 0.836. The minimum atomic E-state index is -0.859. The van der Waals surface area contributed by atoms with Gasteiger partial charge in [-0.05, 0) is 19.2 Å². The summed E-state index contributed by atoms with van der Waals surface area (Å²) in [6, 6.07) is 4.08. The van der Waals surface area contributed by atoms with E-state index in [0.717, 1.165) is 11.6 Å². The summed E-state index contributed by atoms with van der Waals surface area (Å²) in [5.41, 5.74) is 1.50. The first-order valence-electron chi connectivity index (χ1n) is 4.85.